The summed E-state index contributed by atoms with van der Waals surface area (Å²) in [4.78, 5) is 2.00. The third-order valence-electron chi connectivity index (χ3n) is 2.99. The van der Waals surface area contributed by atoms with Crippen LogP contribution in [0.1, 0.15) is 16.9 Å². The Hall–Kier alpha value is -1.45. The first-order valence-corrected chi connectivity index (χ1v) is 7.32. The molecule has 0 bridgehead atoms. The lowest BCUT2D eigenvalue weighted by molar-refractivity contribution is 0.414. The van der Waals surface area contributed by atoms with Gasteiger partial charge in [0.2, 0.25) is 0 Å². The van der Waals surface area contributed by atoms with Gasteiger partial charge >= 0.3 is 0 Å². The normalized spacial score (nSPS) is 11.5. The zero-order chi connectivity index (χ0) is 15.8. The molecule has 0 amide bonds. The van der Waals surface area contributed by atoms with E-state index in [4.69, 9.17) is 16.3 Å². The fourth-order valence-corrected chi connectivity index (χ4v) is 1.96. The van der Waals surface area contributed by atoms with Crippen LogP contribution in [0.4, 0.5) is 0 Å². The van der Waals surface area contributed by atoms with Gasteiger partial charge < -0.3 is 9.64 Å². The summed E-state index contributed by atoms with van der Waals surface area (Å²) in [6, 6.07) is 16.2. The lowest BCUT2D eigenvalue weighted by Gasteiger charge is -2.13. The topological polar surface area (TPSA) is 12.5 Å². The maximum absolute atomic E-state index is 5.89. The van der Waals surface area contributed by atoms with E-state index < -0.39 is 0 Å². The molecule has 0 aliphatic heterocycles. The number of benzene rings is 2. The largest absolute Gasteiger partial charge is 0.497 e. The summed E-state index contributed by atoms with van der Waals surface area (Å²) in [6.07, 6.45) is 0. The Morgan fingerprint density at radius 1 is 0.905 bits per heavy atom. The third kappa shape index (κ3) is 6.24. The molecular weight excluding hydrogens is 280 g/mol. The van der Waals surface area contributed by atoms with E-state index in [0.29, 0.717) is 5.82 Å². The van der Waals surface area contributed by atoms with Crippen molar-refractivity contribution in [3.63, 3.8) is 0 Å². The number of nitrogens with zero attached hydrogens (tertiary/aromatic N) is 1. The van der Waals surface area contributed by atoms with Crippen LogP contribution >= 0.6 is 11.6 Å². The Labute approximate surface area is 134 Å². The Bertz CT molecular complexity index is 523. The predicted octanol–water partition coefficient (Wildman–Crippen LogP) is 3.25. The molecule has 1 unspecified atom stereocenters. The van der Waals surface area contributed by atoms with Gasteiger partial charge in [-0.25, -0.2) is 0 Å². The van der Waals surface area contributed by atoms with Crippen molar-refractivity contribution in [2.75, 3.05) is 28.3 Å². The summed E-state index contributed by atoms with van der Waals surface area (Å²) in [7, 11) is 9.86. The van der Waals surface area contributed by atoms with Gasteiger partial charge in [-0.15, -0.1) is 0 Å². The molecule has 0 heterocycles. The molecule has 0 N–H and O–H groups in total. The van der Waals surface area contributed by atoms with Gasteiger partial charge in [0.1, 0.15) is 13.6 Å². The summed E-state index contributed by atoms with van der Waals surface area (Å²) in [5, 5.41) is 0.774. The van der Waals surface area contributed by atoms with Crippen molar-refractivity contribution in [2.24, 2.45) is 0 Å². The summed E-state index contributed by atoms with van der Waals surface area (Å²) in [5.41, 5.74) is 2.53. The molecule has 0 fully saturated rings. The zero-order valence-electron chi connectivity index (χ0n) is 13.4. The van der Waals surface area contributed by atoms with Crippen molar-refractivity contribution in [1.82, 2.24) is 4.90 Å². The predicted molar refractivity (Wildman–Crippen MR) is 94.4 cm³/mol. The van der Waals surface area contributed by atoms with E-state index in [0.717, 1.165) is 10.8 Å². The molecule has 0 spiro atoms. The van der Waals surface area contributed by atoms with Gasteiger partial charge in [0.25, 0.3) is 0 Å². The van der Waals surface area contributed by atoms with Crippen LogP contribution in [-0.2, 0) is 0 Å². The fourth-order valence-electron chi connectivity index (χ4n) is 1.84. The molecule has 2 nitrogen and oxygen atoms in total. The van der Waals surface area contributed by atoms with Crippen LogP contribution in [-0.4, -0.2) is 41.0 Å². The average Bonchev–Trinajstić information content (AvgIpc) is 2.47. The van der Waals surface area contributed by atoms with Crippen LogP contribution in [0.5, 0.6) is 5.75 Å². The molecule has 2 aromatic carbocycles. The molecule has 0 saturated heterocycles. The van der Waals surface area contributed by atoms with Gasteiger partial charge in [0.05, 0.1) is 7.11 Å². The smallest absolute Gasteiger partial charge is 0.118 e. The average molecular weight is 304 g/mol. The van der Waals surface area contributed by atoms with Crippen LogP contribution in [0.25, 0.3) is 0 Å². The van der Waals surface area contributed by atoms with Gasteiger partial charge in [0.15, 0.2) is 0 Å². The van der Waals surface area contributed by atoms with Crippen molar-refractivity contribution >= 4 is 19.4 Å². The number of methoxy groups -OCH3 is 1. The van der Waals surface area contributed by atoms with Crippen molar-refractivity contribution in [3.8, 4) is 5.75 Å². The minimum Gasteiger partial charge on any atom is -0.497 e. The molecule has 0 aromatic heterocycles. The highest BCUT2D eigenvalue weighted by atomic mass is 35.5. The highest BCUT2D eigenvalue weighted by molar-refractivity contribution is 6.30. The maximum Gasteiger partial charge on any atom is 0.118 e. The Kier molecular flexibility index (Phi) is 7.34. The number of hydrogen-bond donors (Lipinski definition) is 0. The molecule has 4 heteroatoms. The molecule has 2 rings (SSSR count). The zero-order valence-corrected chi connectivity index (χ0v) is 14.2. The van der Waals surface area contributed by atoms with Crippen molar-refractivity contribution in [3.05, 3.63) is 64.7 Å². The van der Waals surface area contributed by atoms with Crippen LogP contribution in [0, 0.1) is 0 Å². The number of halogens is 1. The minimum atomic E-state index is 0.359. The minimum absolute atomic E-state index is 0.359. The molecule has 2 aromatic rings. The molecule has 0 aliphatic carbocycles. The third-order valence-corrected chi connectivity index (χ3v) is 3.24. The fraction of sp³-hybridized carbons (Fsp3) is 0.294. The first-order valence-electron chi connectivity index (χ1n) is 6.94. The summed E-state index contributed by atoms with van der Waals surface area (Å²) >= 11 is 5.89. The Balaban J connectivity index is 0.000000491. The highest BCUT2D eigenvalue weighted by Gasteiger charge is 2.08. The van der Waals surface area contributed by atoms with Crippen LogP contribution in [0.15, 0.2) is 48.5 Å². The van der Waals surface area contributed by atoms with Gasteiger partial charge in [-0.3, -0.25) is 0 Å². The van der Waals surface area contributed by atoms with Crippen LogP contribution in [0.2, 0.25) is 5.02 Å². The van der Waals surface area contributed by atoms with E-state index in [1.807, 2.05) is 50.3 Å². The lowest BCUT2D eigenvalue weighted by atomic mass is 9.76. The van der Waals surface area contributed by atoms with Gasteiger partial charge in [-0.05, 0) is 62.4 Å². The number of hydrogen-bond acceptors (Lipinski definition) is 2. The van der Waals surface area contributed by atoms with Crippen molar-refractivity contribution in [2.45, 2.75) is 5.82 Å². The number of ether oxygens (including phenoxy) is 1. The van der Waals surface area contributed by atoms with E-state index in [9.17, 15) is 0 Å². The van der Waals surface area contributed by atoms with E-state index in [-0.39, 0.29) is 0 Å². The second-order valence-corrected chi connectivity index (χ2v) is 5.82. The number of rotatable bonds is 3. The van der Waals surface area contributed by atoms with Crippen LogP contribution < -0.4 is 4.74 Å². The second-order valence-electron chi connectivity index (χ2n) is 5.39. The Morgan fingerprint density at radius 3 is 1.67 bits per heavy atom. The van der Waals surface area contributed by atoms with Gasteiger partial charge in [-0.2, -0.15) is 0 Å². The standard InChI is InChI=1S/C14H14BClO.C3H9N/c1-17-13-8-4-11(5-9-13)14(15)10-2-6-12(16)7-3-10;1-4(2)3/h2-9,14H,15H2,1H3;1-3H3. The maximum atomic E-state index is 5.89. The van der Waals surface area contributed by atoms with Gasteiger partial charge in [0, 0.05) is 5.02 Å². The Morgan fingerprint density at radius 2 is 1.29 bits per heavy atom. The molecule has 0 radical (unpaired) electrons. The van der Waals surface area contributed by atoms with E-state index >= 15 is 0 Å². The first-order chi connectivity index (χ1) is 9.93. The molecule has 21 heavy (non-hydrogen) atoms. The SMILES string of the molecule is BC(c1ccc(Cl)cc1)c1ccc(OC)cc1.CN(C)C. The van der Waals surface area contributed by atoms with E-state index in [1.54, 1.807) is 7.11 Å². The summed E-state index contributed by atoms with van der Waals surface area (Å²) in [5.74, 6) is 1.25. The van der Waals surface area contributed by atoms with Gasteiger partial charge in [-0.1, -0.05) is 35.9 Å². The summed E-state index contributed by atoms with van der Waals surface area (Å²) in [6.45, 7) is 0. The van der Waals surface area contributed by atoms with E-state index in [2.05, 4.69) is 32.1 Å². The highest BCUT2D eigenvalue weighted by Crippen LogP contribution is 2.24. The second kappa shape index (κ2) is 8.76. The monoisotopic (exact) mass is 303 g/mol. The molecule has 1 atom stereocenters. The summed E-state index contributed by atoms with van der Waals surface area (Å²) < 4.78 is 5.15. The lowest BCUT2D eigenvalue weighted by Crippen LogP contribution is -2.00. The van der Waals surface area contributed by atoms with Crippen molar-refractivity contribution in [1.29, 1.82) is 0 Å². The van der Waals surface area contributed by atoms with E-state index in [1.165, 1.54) is 11.1 Å². The molecular formula is C17H23BClNO. The first kappa shape index (κ1) is 17.6. The molecule has 112 valence electrons. The quantitative estimate of drug-likeness (QED) is 0.807. The molecule has 0 aliphatic rings. The van der Waals surface area contributed by atoms with Crippen molar-refractivity contribution < 1.29 is 4.74 Å². The van der Waals surface area contributed by atoms with Crippen LogP contribution in [0.3, 0.4) is 0 Å². The molecule has 0 saturated carbocycles.